The van der Waals surface area contributed by atoms with Gasteiger partial charge in [-0.1, -0.05) is 44.2 Å². The summed E-state index contributed by atoms with van der Waals surface area (Å²) < 4.78 is 0. The van der Waals surface area contributed by atoms with Crippen LogP contribution < -0.4 is 5.32 Å². The Labute approximate surface area is 160 Å². The number of carboxylic acid groups (broad SMARTS) is 1. The highest BCUT2D eigenvalue weighted by Crippen LogP contribution is 2.25. The molecule has 0 spiro atoms. The van der Waals surface area contributed by atoms with Crippen LogP contribution in [0.2, 0.25) is 0 Å². The Balaban J connectivity index is 2.10. The molecule has 6 nitrogen and oxygen atoms in total. The molecule has 1 saturated heterocycles. The molecular weight excluding hydrogens is 344 g/mol. The van der Waals surface area contributed by atoms with Crippen LogP contribution >= 0.6 is 0 Å². The Bertz CT molecular complexity index is 661. The van der Waals surface area contributed by atoms with E-state index in [1.54, 1.807) is 11.8 Å². The lowest BCUT2D eigenvalue weighted by molar-refractivity contribution is -0.142. The van der Waals surface area contributed by atoms with E-state index in [4.69, 9.17) is 0 Å². The van der Waals surface area contributed by atoms with Crippen molar-refractivity contribution in [2.45, 2.75) is 46.1 Å². The van der Waals surface area contributed by atoms with Crippen molar-refractivity contribution in [2.24, 2.45) is 17.8 Å². The number of nitrogens with one attached hydrogen (secondary N) is 1. The first-order chi connectivity index (χ1) is 12.8. The minimum absolute atomic E-state index is 0.0455. The van der Waals surface area contributed by atoms with Crippen molar-refractivity contribution in [1.29, 1.82) is 0 Å². The third kappa shape index (κ3) is 5.31. The molecule has 1 heterocycles. The number of carbonyl (C=O) groups is 3. The van der Waals surface area contributed by atoms with E-state index in [-0.39, 0.29) is 23.7 Å². The van der Waals surface area contributed by atoms with Crippen LogP contribution in [-0.4, -0.2) is 40.9 Å². The summed E-state index contributed by atoms with van der Waals surface area (Å²) in [6.07, 6.45) is 2.27. The van der Waals surface area contributed by atoms with Crippen LogP contribution in [0.15, 0.2) is 30.3 Å². The summed E-state index contributed by atoms with van der Waals surface area (Å²) in [5, 5.41) is 12.4. The zero-order chi connectivity index (χ0) is 20.0. The molecule has 148 valence electrons. The van der Waals surface area contributed by atoms with Crippen LogP contribution in [0.4, 0.5) is 0 Å². The van der Waals surface area contributed by atoms with Crippen LogP contribution in [0.1, 0.15) is 51.6 Å². The number of rotatable bonds is 7. The average molecular weight is 374 g/mol. The third-order valence-corrected chi connectivity index (χ3v) is 5.48. The van der Waals surface area contributed by atoms with E-state index in [0.29, 0.717) is 19.5 Å². The van der Waals surface area contributed by atoms with Gasteiger partial charge in [0, 0.05) is 19.0 Å². The van der Waals surface area contributed by atoms with E-state index in [9.17, 15) is 19.5 Å². The topological polar surface area (TPSA) is 86.7 Å². The second-order valence-corrected chi connectivity index (χ2v) is 7.46. The molecule has 0 aromatic heterocycles. The predicted molar refractivity (Wildman–Crippen MR) is 103 cm³/mol. The Hall–Kier alpha value is -2.37. The van der Waals surface area contributed by atoms with Gasteiger partial charge in [0.05, 0.1) is 17.9 Å². The molecule has 1 fully saturated rings. The molecule has 27 heavy (non-hydrogen) atoms. The smallest absolute Gasteiger partial charge is 0.308 e. The summed E-state index contributed by atoms with van der Waals surface area (Å²) in [6.45, 7) is 6.57. The van der Waals surface area contributed by atoms with E-state index in [1.807, 2.05) is 44.2 Å². The Morgan fingerprint density at radius 1 is 1.22 bits per heavy atom. The minimum Gasteiger partial charge on any atom is -0.481 e. The van der Waals surface area contributed by atoms with Crippen molar-refractivity contribution in [3.63, 3.8) is 0 Å². The van der Waals surface area contributed by atoms with Gasteiger partial charge in [0.25, 0.3) is 0 Å². The van der Waals surface area contributed by atoms with E-state index < -0.39 is 17.9 Å². The molecule has 2 N–H and O–H groups in total. The van der Waals surface area contributed by atoms with Crippen molar-refractivity contribution >= 4 is 17.8 Å². The summed E-state index contributed by atoms with van der Waals surface area (Å²) >= 11 is 0. The molecule has 1 aromatic rings. The summed E-state index contributed by atoms with van der Waals surface area (Å²) in [5.74, 6) is -2.15. The number of likely N-dealkylation sites (tertiary alicyclic amines) is 1. The Morgan fingerprint density at radius 3 is 2.48 bits per heavy atom. The highest BCUT2D eigenvalue weighted by molar-refractivity contribution is 5.83. The Morgan fingerprint density at radius 2 is 1.89 bits per heavy atom. The number of benzene rings is 1. The van der Waals surface area contributed by atoms with Crippen LogP contribution in [0.25, 0.3) is 0 Å². The van der Waals surface area contributed by atoms with Gasteiger partial charge < -0.3 is 15.3 Å². The van der Waals surface area contributed by atoms with Gasteiger partial charge in [-0.3, -0.25) is 14.4 Å². The molecule has 1 aromatic carbocycles. The van der Waals surface area contributed by atoms with E-state index >= 15 is 0 Å². The SMILES string of the molecule is CCC(C)C(=O)N1CCCC(C(=O)NC(c2ccccc2)C(C)C(=O)O)C1. The molecule has 2 amide bonds. The van der Waals surface area contributed by atoms with E-state index in [1.165, 1.54) is 0 Å². The first-order valence-electron chi connectivity index (χ1n) is 9.72. The van der Waals surface area contributed by atoms with Crippen LogP contribution in [0.5, 0.6) is 0 Å². The van der Waals surface area contributed by atoms with Crippen LogP contribution in [-0.2, 0) is 14.4 Å². The molecule has 1 aliphatic heterocycles. The third-order valence-electron chi connectivity index (χ3n) is 5.48. The normalized spacial score (nSPS) is 20.4. The summed E-state index contributed by atoms with van der Waals surface area (Å²) in [6, 6.07) is 8.56. The second-order valence-electron chi connectivity index (χ2n) is 7.46. The summed E-state index contributed by atoms with van der Waals surface area (Å²) in [5.41, 5.74) is 0.768. The predicted octanol–water partition coefficient (Wildman–Crippen LogP) is 2.85. The van der Waals surface area contributed by atoms with Gasteiger partial charge in [-0.15, -0.1) is 0 Å². The summed E-state index contributed by atoms with van der Waals surface area (Å²) in [7, 11) is 0. The molecule has 2 rings (SSSR count). The maximum Gasteiger partial charge on any atom is 0.308 e. The molecule has 0 radical (unpaired) electrons. The van der Waals surface area contributed by atoms with Gasteiger partial charge in [-0.05, 0) is 31.7 Å². The highest BCUT2D eigenvalue weighted by atomic mass is 16.4. The fourth-order valence-electron chi connectivity index (χ4n) is 3.45. The standard InChI is InChI=1S/C21H30N2O4/c1-4-14(2)20(25)23-12-8-11-17(13-23)19(24)22-18(15(3)21(26)27)16-9-6-5-7-10-16/h5-7,9-10,14-15,17-18H,4,8,11-13H2,1-3H3,(H,22,24)(H,26,27). The van der Waals surface area contributed by atoms with Crippen LogP contribution in [0.3, 0.4) is 0 Å². The van der Waals surface area contributed by atoms with Gasteiger partial charge in [0.2, 0.25) is 11.8 Å². The number of aliphatic carboxylic acids is 1. The van der Waals surface area contributed by atoms with Gasteiger partial charge in [0.1, 0.15) is 0 Å². The number of piperidine rings is 1. The van der Waals surface area contributed by atoms with Crippen molar-refractivity contribution < 1.29 is 19.5 Å². The van der Waals surface area contributed by atoms with Gasteiger partial charge in [-0.2, -0.15) is 0 Å². The molecule has 0 saturated carbocycles. The van der Waals surface area contributed by atoms with E-state index in [0.717, 1.165) is 18.4 Å². The number of carboxylic acids is 1. The minimum atomic E-state index is -0.957. The first-order valence-corrected chi connectivity index (χ1v) is 9.72. The van der Waals surface area contributed by atoms with Crippen molar-refractivity contribution in [3.8, 4) is 0 Å². The molecule has 0 bridgehead atoms. The molecule has 1 aliphatic rings. The van der Waals surface area contributed by atoms with Crippen molar-refractivity contribution in [3.05, 3.63) is 35.9 Å². The number of nitrogens with zero attached hydrogens (tertiary/aromatic N) is 1. The number of hydrogen-bond donors (Lipinski definition) is 2. The lowest BCUT2D eigenvalue weighted by Crippen LogP contribution is -2.48. The lowest BCUT2D eigenvalue weighted by Gasteiger charge is -2.34. The van der Waals surface area contributed by atoms with E-state index in [2.05, 4.69) is 5.32 Å². The lowest BCUT2D eigenvalue weighted by atomic mass is 9.91. The summed E-state index contributed by atoms with van der Waals surface area (Å²) in [4.78, 5) is 38.6. The van der Waals surface area contributed by atoms with Crippen molar-refractivity contribution in [2.75, 3.05) is 13.1 Å². The maximum atomic E-state index is 12.9. The molecule has 0 aliphatic carbocycles. The van der Waals surface area contributed by atoms with Gasteiger partial charge in [-0.25, -0.2) is 0 Å². The van der Waals surface area contributed by atoms with Gasteiger partial charge >= 0.3 is 5.97 Å². The number of carbonyl (C=O) groups excluding carboxylic acids is 2. The Kier molecular flexibility index (Phi) is 7.39. The number of hydrogen-bond acceptors (Lipinski definition) is 3. The second kappa shape index (κ2) is 9.53. The largest absolute Gasteiger partial charge is 0.481 e. The van der Waals surface area contributed by atoms with Crippen molar-refractivity contribution in [1.82, 2.24) is 10.2 Å². The van der Waals surface area contributed by atoms with Crippen LogP contribution in [0, 0.1) is 17.8 Å². The zero-order valence-corrected chi connectivity index (χ0v) is 16.4. The molecule has 6 heteroatoms. The maximum absolute atomic E-state index is 12.9. The number of amides is 2. The van der Waals surface area contributed by atoms with Gasteiger partial charge in [0.15, 0.2) is 0 Å². The molecular formula is C21H30N2O4. The molecule has 4 atom stereocenters. The fraction of sp³-hybridized carbons (Fsp3) is 0.571. The average Bonchev–Trinajstić information content (AvgIpc) is 2.70. The monoisotopic (exact) mass is 374 g/mol. The molecule has 4 unspecified atom stereocenters. The first kappa shape index (κ1) is 20.9. The zero-order valence-electron chi connectivity index (χ0n) is 16.4. The highest BCUT2D eigenvalue weighted by Gasteiger charge is 2.33. The quantitative estimate of drug-likeness (QED) is 0.768. The fourth-order valence-corrected chi connectivity index (χ4v) is 3.45.